The molecular formula is C10H10N6O4. The highest BCUT2D eigenvalue weighted by atomic mass is 16.6. The summed E-state index contributed by atoms with van der Waals surface area (Å²) in [7, 11) is 0. The van der Waals surface area contributed by atoms with Crippen LogP contribution in [0.15, 0.2) is 24.4 Å². The monoisotopic (exact) mass is 278 g/mol. The number of nitro groups is 2. The highest BCUT2D eigenvalue weighted by Gasteiger charge is 2.19. The fourth-order valence-electron chi connectivity index (χ4n) is 1.59. The van der Waals surface area contributed by atoms with Gasteiger partial charge in [0.1, 0.15) is 11.5 Å². The van der Waals surface area contributed by atoms with Crippen LogP contribution in [0, 0.1) is 20.2 Å². The molecule has 0 aliphatic carbocycles. The number of rotatable bonds is 5. The fourth-order valence-corrected chi connectivity index (χ4v) is 1.59. The first kappa shape index (κ1) is 13.3. The van der Waals surface area contributed by atoms with E-state index in [1.165, 1.54) is 18.3 Å². The number of non-ortho nitro benzene ring substituents is 1. The van der Waals surface area contributed by atoms with E-state index in [9.17, 15) is 20.2 Å². The van der Waals surface area contributed by atoms with E-state index in [1.54, 1.807) is 0 Å². The second kappa shape index (κ2) is 5.22. The number of benzene rings is 1. The number of aromatic nitrogens is 2. The van der Waals surface area contributed by atoms with Gasteiger partial charge in [0.2, 0.25) is 0 Å². The topological polar surface area (TPSA) is 153 Å². The maximum absolute atomic E-state index is 10.9. The maximum atomic E-state index is 10.9. The lowest BCUT2D eigenvalue weighted by molar-refractivity contribution is -0.393. The minimum Gasteiger partial charge on any atom is -0.384 e. The summed E-state index contributed by atoms with van der Waals surface area (Å²) in [5.41, 5.74) is 5.67. The van der Waals surface area contributed by atoms with E-state index in [0.717, 1.165) is 6.07 Å². The molecule has 104 valence electrons. The Morgan fingerprint density at radius 3 is 2.60 bits per heavy atom. The van der Waals surface area contributed by atoms with Crippen molar-refractivity contribution in [1.29, 1.82) is 0 Å². The van der Waals surface area contributed by atoms with E-state index in [2.05, 4.69) is 15.5 Å². The molecule has 0 bridgehead atoms. The van der Waals surface area contributed by atoms with Crippen LogP contribution in [0.25, 0.3) is 0 Å². The lowest BCUT2D eigenvalue weighted by atomic mass is 10.2. The minimum atomic E-state index is -0.690. The Kier molecular flexibility index (Phi) is 3.46. The Morgan fingerprint density at radius 1 is 1.30 bits per heavy atom. The van der Waals surface area contributed by atoms with E-state index in [1.807, 2.05) is 0 Å². The zero-order valence-corrected chi connectivity index (χ0v) is 10.1. The molecule has 20 heavy (non-hydrogen) atoms. The number of nitrogen functional groups attached to an aromatic ring is 1. The summed E-state index contributed by atoms with van der Waals surface area (Å²) in [6.45, 7) is 0.209. The summed E-state index contributed by atoms with van der Waals surface area (Å²) in [6, 6.07) is 3.38. The molecule has 10 nitrogen and oxygen atoms in total. The van der Waals surface area contributed by atoms with Gasteiger partial charge in [-0.15, -0.1) is 0 Å². The maximum Gasteiger partial charge on any atom is 0.299 e. The molecule has 0 saturated carbocycles. The number of anilines is 2. The highest BCUT2D eigenvalue weighted by molar-refractivity contribution is 5.65. The van der Waals surface area contributed by atoms with Crippen LogP contribution in [-0.2, 0) is 6.54 Å². The van der Waals surface area contributed by atoms with Crippen LogP contribution in [0.3, 0.4) is 0 Å². The molecule has 0 saturated heterocycles. The first-order valence-corrected chi connectivity index (χ1v) is 5.43. The van der Waals surface area contributed by atoms with Crippen LogP contribution in [0.5, 0.6) is 0 Å². The minimum absolute atomic E-state index is 0.168. The Morgan fingerprint density at radius 2 is 2.05 bits per heavy atom. The summed E-state index contributed by atoms with van der Waals surface area (Å²) >= 11 is 0. The lowest BCUT2D eigenvalue weighted by Gasteiger charge is -2.06. The molecule has 0 spiro atoms. The molecule has 0 aliphatic heterocycles. The highest BCUT2D eigenvalue weighted by Crippen LogP contribution is 2.29. The zero-order chi connectivity index (χ0) is 14.7. The van der Waals surface area contributed by atoms with Gasteiger partial charge in [-0.1, -0.05) is 0 Å². The summed E-state index contributed by atoms with van der Waals surface area (Å²) in [4.78, 5) is 20.2. The van der Waals surface area contributed by atoms with Crippen molar-refractivity contribution >= 4 is 22.9 Å². The number of H-pyrrole nitrogens is 1. The number of nitro benzene ring substituents is 2. The molecule has 1 heterocycles. The normalized spacial score (nSPS) is 10.2. The molecule has 0 atom stereocenters. The van der Waals surface area contributed by atoms with Crippen molar-refractivity contribution in [1.82, 2.24) is 10.2 Å². The Hall–Kier alpha value is -3.17. The summed E-state index contributed by atoms with van der Waals surface area (Å²) in [5, 5.41) is 30.6. The number of nitrogens with two attached hydrogens (primary N) is 1. The predicted molar refractivity (Wildman–Crippen MR) is 70.1 cm³/mol. The Labute approximate surface area is 111 Å². The van der Waals surface area contributed by atoms with Gasteiger partial charge in [-0.2, -0.15) is 5.10 Å². The van der Waals surface area contributed by atoms with Crippen LogP contribution in [0.4, 0.5) is 22.9 Å². The van der Waals surface area contributed by atoms with Gasteiger partial charge in [0.25, 0.3) is 11.4 Å². The number of nitrogens with zero attached hydrogens (tertiary/aromatic N) is 3. The number of aromatic amines is 1. The fraction of sp³-hybridized carbons (Fsp3) is 0.100. The largest absolute Gasteiger partial charge is 0.384 e. The molecule has 0 fully saturated rings. The van der Waals surface area contributed by atoms with E-state index < -0.39 is 9.85 Å². The summed E-state index contributed by atoms with van der Waals surface area (Å²) < 4.78 is 0. The summed E-state index contributed by atoms with van der Waals surface area (Å²) in [6.07, 6.45) is 1.49. The van der Waals surface area contributed by atoms with Crippen molar-refractivity contribution in [3.8, 4) is 0 Å². The molecule has 0 aliphatic rings. The molecule has 1 aromatic carbocycles. The van der Waals surface area contributed by atoms with Gasteiger partial charge in [-0.05, 0) is 6.07 Å². The molecule has 0 unspecified atom stereocenters. The first-order chi connectivity index (χ1) is 9.49. The van der Waals surface area contributed by atoms with Crippen LogP contribution in [0.2, 0.25) is 0 Å². The van der Waals surface area contributed by atoms with Gasteiger partial charge < -0.3 is 11.1 Å². The van der Waals surface area contributed by atoms with Crippen LogP contribution >= 0.6 is 0 Å². The van der Waals surface area contributed by atoms with E-state index in [0.29, 0.717) is 11.4 Å². The standard InChI is InChI=1S/C10H10N6O4/c11-10-6(5-13-14-10)4-12-8-2-1-7(15(17)18)3-9(8)16(19)20/h1-3,5,12H,4H2,(H3,11,13,14). The third kappa shape index (κ3) is 2.63. The van der Waals surface area contributed by atoms with Crippen molar-refractivity contribution < 1.29 is 9.85 Å². The smallest absolute Gasteiger partial charge is 0.299 e. The van der Waals surface area contributed by atoms with E-state index in [-0.39, 0.29) is 23.6 Å². The van der Waals surface area contributed by atoms with Gasteiger partial charge in [-0.25, -0.2) is 0 Å². The molecular weight excluding hydrogens is 268 g/mol. The van der Waals surface area contributed by atoms with Crippen molar-refractivity contribution in [2.75, 3.05) is 11.1 Å². The Bertz CT molecular complexity index is 668. The quantitative estimate of drug-likeness (QED) is 0.552. The number of hydrogen-bond acceptors (Lipinski definition) is 7. The lowest BCUT2D eigenvalue weighted by Crippen LogP contribution is -2.04. The van der Waals surface area contributed by atoms with E-state index >= 15 is 0 Å². The molecule has 2 rings (SSSR count). The van der Waals surface area contributed by atoms with Crippen molar-refractivity contribution in [2.24, 2.45) is 0 Å². The van der Waals surface area contributed by atoms with Gasteiger partial charge in [-0.3, -0.25) is 25.3 Å². The van der Waals surface area contributed by atoms with Gasteiger partial charge in [0.05, 0.1) is 22.1 Å². The molecule has 1 aromatic heterocycles. The van der Waals surface area contributed by atoms with Crippen molar-refractivity contribution in [3.05, 3.63) is 50.2 Å². The van der Waals surface area contributed by atoms with E-state index in [4.69, 9.17) is 5.73 Å². The van der Waals surface area contributed by atoms with Crippen molar-refractivity contribution in [2.45, 2.75) is 6.54 Å². The Balaban J connectivity index is 2.25. The van der Waals surface area contributed by atoms with Gasteiger partial charge in [0.15, 0.2) is 0 Å². The average Bonchev–Trinajstić information content (AvgIpc) is 2.81. The SMILES string of the molecule is Nc1[nH]ncc1CNc1ccc([N+](=O)[O-])cc1[N+](=O)[O-]. The molecule has 10 heteroatoms. The second-order valence-electron chi connectivity index (χ2n) is 3.88. The molecule has 2 aromatic rings. The number of hydrogen-bond donors (Lipinski definition) is 3. The van der Waals surface area contributed by atoms with Gasteiger partial charge >= 0.3 is 0 Å². The van der Waals surface area contributed by atoms with Crippen LogP contribution < -0.4 is 11.1 Å². The average molecular weight is 278 g/mol. The zero-order valence-electron chi connectivity index (χ0n) is 10.1. The third-order valence-electron chi connectivity index (χ3n) is 2.61. The summed E-state index contributed by atoms with van der Waals surface area (Å²) in [5.74, 6) is 0.349. The van der Waals surface area contributed by atoms with Crippen LogP contribution in [0.1, 0.15) is 5.56 Å². The predicted octanol–water partition coefficient (Wildman–Crippen LogP) is 1.42. The van der Waals surface area contributed by atoms with Crippen molar-refractivity contribution in [3.63, 3.8) is 0 Å². The second-order valence-corrected chi connectivity index (χ2v) is 3.88. The third-order valence-corrected chi connectivity index (χ3v) is 2.61. The van der Waals surface area contributed by atoms with Gasteiger partial charge in [0, 0.05) is 18.2 Å². The molecule has 4 N–H and O–H groups in total. The molecule has 0 radical (unpaired) electrons. The number of nitrogens with one attached hydrogen (secondary N) is 2. The first-order valence-electron chi connectivity index (χ1n) is 5.43. The van der Waals surface area contributed by atoms with Crippen LogP contribution in [-0.4, -0.2) is 20.0 Å². The molecule has 0 amide bonds.